The molecule has 0 spiro atoms. The molecule has 1 atom stereocenters. The second-order valence-corrected chi connectivity index (χ2v) is 7.78. The fourth-order valence-electron chi connectivity index (χ4n) is 3.82. The van der Waals surface area contributed by atoms with Gasteiger partial charge in [-0.05, 0) is 61.7 Å². The fourth-order valence-corrected chi connectivity index (χ4v) is 3.82. The smallest absolute Gasteiger partial charge is 0.0201 e. The topological polar surface area (TPSA) is 0 Å². The van der Waals surface area contributed by atoms with Gasteiger partial charge in [-0.3, -0.25) is 0 Å². The van der Waals surface area contributed by atoms with E-state index in [1.807, 2.05) is 6.08 Å². The third-order valence-corrected chi connectivity index (χ3v) is 4.41. The van der Waals surface area contributed by atoms with E-state index in [1.165, 1.54) is 44.1 Å². The van der Waals surface area contributed by atoms with Crippen LogP contribution in [0, 0.1) is 16.7 Å². The normalized spacial score (nSPS) is 26.3. The fraction of sp³-hybridized carbons (Fsp3) is 0.778. The minimum Gasteiger partial charge on any atom is -0.103 e. The van der Waals surface area contributed by atoms with Crippen LogP contribution < -0.4 is 0 Å². The van der Waals surface area contributed by atoms with E-state index in [9.17, 15) is 0 Å². The Kier molecular flexibility index (Phi) is 5.25. The molecule has 1 fully saturated rings. The van der Waals surface area contributed by atoms with Gasteiger partial charge in [0.1, 0.15) is 0 Å². The van der Waals surface area contributed by atoms with Crippen LogP contribution in [-0.4, -0.2) is 0 Å². The van der Waals surface area contributed by atoms with Crippen LogP contribution in [0.2, 0.25) is 0 Å². The minimum absolute atomic E-state index is 0.464. The Morgan fingerprint density at radius 1 is 1.22 bits per heavy atom. The highest BCUT2D eigenvalue weighted by Crippen LogP contribution is 2.47. The maximum Gasteiger partial charge on any atom is -0.0201 e. The summed E-state index contributed by atoms with van der Waals surface area (Å²) >= 11 is 0. The highest BCUT2D eigenvalue weighted by Gasteiger charge is 2.35. The van der Waals surface area contributed by atoms with E-state index in [1.54, 1.807) is 0 Å². The summed E-state index contributed by atoms with van der Waals surface area (Å²) in [7, 11) is 0. The first-order chi connectivity index (χ1) is 8.26. The molecule has 0 aliphatic heterocycles. The molecule has 0 nitrogen and oxygen atoms in total. The van der Waals surface area contributed by atoms with E-state index in [4.69, 9.17) is 0 Å². The van der Waals surface area contributed by atoms with Gasteiger partial charge in [-0.15, -0.1) is 6.58 Å². The number of rotatable bonds is 5. The quantitative estimate of drug-likeness (QED) is 0.311. The summed E-state index contributed by atoms with van der Waals surface area (Å²) in [4.78, 5) is 0. The third kappa shape index (κ3) is 5.00. The van der Waals surface area contributed by atoms with Crippen molar-refractivity contribution in [2.45, 2.75) is 72.6 Å². The van der Waals surface area contributed by atoms with Crippen LogP contribution in [0.3, 0.4) is 0 Å². The summed E-state index contributed by atoms with van der Waals surface area (Å²) in [6.07, 6.45) is 10.9. The predicted octanol–water partition coefficient (Wildman–Crippen LogP) is 6.14. The molecule has 0 aromatic rings. The largest absolute Gasteiger partial charge is 0.103 e. The van der Waals surface area contributed by atoms with Crippen LogP contribution in [0.4, 0.5) is 0 Å². The average molecular weight is 248 g/mol. The molecule has 1 saturated carbocycles. The first kappa shape index (κ1) is 15.5. The Hall–Kier alpha value is -0.520. The van der Waals surface area contributed by atoms with Crippen molar-refractivity contribution in [3.8, 4) is 0 Å². The zero-order chi connectivity index (χ0) is 13.8. The minimum atomic E-state index is 0.464. The molecule has 18 heavy (non-hydrogen) atoms. The number of unbranched alkanes of at least 4 members (excludes halogenated alkanes) is 1. The summed E-state index contributed by atoms with van der Waals surface area (Å²) < 4.78 is 0. The highest BCUT2D eigenvalue weighted by atomic mass is 14.4. The second-order valence-electron chi connectivity index (χ2n) is 7.78. The molecule has 1 rings (SSSR count). The molecule has 0 heterocycles. The van der Waals surface area contributed by atoms with E-state index < -0.39 is 0 Å². The Labute approximate surface area is 115 Å². The van der Waals surface area contributed by atoms with Gasteiger partial charge in [0.25, 0.3) is 0 Å². The van der Waals surface area contributed by atoms with Gasteiger partial charge in [0.2, 0.25) is 0 Å². The van der Waals surface area contributed by atoms with Gasteiger partial charge in [-0.25, -0.2) is 0 Å². The van der Waals surface area contributed by atoms with Crippen molar-refractivity contribution >= 4 is 0 Å². The lowest BCUT2D eigenvalue weighted by molar-refractivity contribution is 0.195. The monoisotopic (exact) mass is 248 g/mol. The Morgan fingerprint density at radius 2 is 1.89 bits per heavy atom. The molecule has 0 amide bonds. The maximum atomic E-state index is 4.37. The predicted molar refractivity (Wildman–Crippen MR) is 82.7 cm³/mol. The first-order valence-corrected chi connectivity index (χ1v) is 7.54. The SMILES string of the molecule is C=CCCCC(=C)C1CCC(C)(C)CC(C)(C)C1. The molecule has 0 bridgehead atoms. The second kappa shape index (κ2) is 6.08. The lowest BCUT2D eigenvalue weighted by Gasteiger charge is -2.32. The van der Waals surface area contributed by atoms with Gasteiger partial charge in [0, 0.05) is 0 Å². The molecule has 1 aliphatic rings. The molecular formula is C18H32. The average Bonchev–Trinajstić information content (AvgIpc) is 2.33. The molecule has 0 radical (unpaired) electrons. The lowest BCUT2D eigenvalue weighted by atomic mass is 9.73. The van der Waals surface area contributed by atoms with Gasteiger partial charge in [0.15, 0.2) is 0 Å². The Balaban J connectivity index is 2.61. The van der Waals surface area contributed by atoms with Crippen molar-refractivity contribution in [1.29, 1.82) is 0 Å². The first-order valence-electron chi connectivity index (χ1n) is 7.54. The summed E-state index contributed by atoms with van der Waals surface area (Å²) in [5.41, 5.74) is 2.45. The number of hydrogen-bond acceptors (Lipinski definition) is 0. The van der Waals surface area contributed by atoms with Gasteiger partial charge in [0.05, 0.1) is 0 Å². The summed E-state index contributed by atoms with van der Waals surface area (Å²) in [6.45, 7) is 17.9. The van der Waals surface area contributed by atoms with Crippen LogP contribution in [-0.2, 0) is 0 Å². The molecule has 0 aromatic heterocycles. The van der Waals surface area contributed by atoms with Crippen molar-refractivity contribution in [2.24, 2.45) is 16.7 Å². The Bertz CT molecular complexity index is 293. The van der Waals surface area contributed by atoms with Crippen molar-refractivity contribution in [1.82, 2.24) is 0 Å². The molecule has 0 N–H and O–H groups in total. The van der Waals surface area contributed by atoms with Crippen LogP contribution >= 0.6 is 0 Å². The van der Waals surface area contributed by atoms with E-state index in [0.29, 0.717) is 10.8 Å². The van der Waals surface area contributed by atoms with Gasteiger partial charge < -0.3 is 0 Å². The molecule has 1 unspecified atom stereocenters. The highest BCUT2D eigenvalue weighted by molar-refractivity contribution is 5.04. The van der Waals surface area contributed by atoms with E-state index in [2.05, 4.69) is 40.9 Å². The third-order valence-electron chi connectivity index (χ3n) is 4.41. The van der Waals surface area contributed by atoms with E-state index in [0.717, 1.165) is 12.3 Å². The number of allylic oxidation sites excluding steroid dienone is 2. The van der Waals surface area contributed by atoms with Gasteiger partial charge in [-0.2, -0.15) is 0 Å². The van der Waals surface area contributed by atoms with Crippen molar-refractivity contribution in [2.75, 3.05) is 0 Å². The molecular weight excluding hydrogens is 216 g/mol. The summed E-state index contributed by atoms with van der Waals surface area (Å²) in [6, 6.07) is 0. The zero-order valence-corrected chi connectivity index (χ0v) is 13.0. The summed E-state index contributed by atoms with van der Waals surface area (Å²) in [5.74, 6) is 0.742. The molecule has 1 aliphatic carbocycles. The van der Waals surface area contributed by atoms with Crippen LogP contribution in [0.5, 0.6) is 0 Å². The maximum absolute atomic E-state index is 4.37. The van der Waals surface area contributed by atoms with Crippen LogP contribution in [0.25, 0.3) is 0 Å². The van der Waals surface area contributed by atoms with Crippen LogP contribution in [0.1, 0.15) is 72.6 Å². The molecule has 0 aromatic carbocycles. The van der Waals surface area contributed by atoms with E-state index >= 15 is 0 Å². The Morgan fingerprint density at radius 3 is 2.50 bits per heavy atom. The van der Waals surface area contributed by atoms with E-state index in [-0.39, 0.29) is 0 Å². The molecule has 104 valence electrons. The molecule has 0 heteroatoms. The standard InChI is InChI=1S/C18H32/c1-7-8-9-10-15(2)16-11-12-17(3,4)14-18(5,6)13-16/h7,16H,1-2,8-14H2,3-6H3. The summed E-state index contributed by atoms with van der Waals surface area (Å²) in [5, 5.41) is 0. The number of hydrogen-bond donors (Lipinski definition) is 0. The van der Waals surface area contributed by atoms with Crippen LogP contribution in [0.15, 0.2) is 24.8 Å². The molecule has 0 saturated heterocycles. The lowest BCUT2D eigenvalue weighted by Crippen LogP contribution is -2.21. The van der Waals surface area contributed by atoms with Crippen molar-refractivity contribution in [3.05, 3.63) is 24.8 Å². The van der Waals surface area contributed by atoms with Crippen molar-refractivity contribution in [3.63, 3.8) is 0 Å². The van der Waals surface area contributed by atoms with Gasteiger partial charge >= 0.3 is 0 Å². The van der Waals surface area contributed by atoms with Crippen molar-refractivity contribution < 1.29 is 0 Å². The van der Waals surface area contributed by atoms with Gasteiger partial charge in [-0.1, -0.05) is 45.9 Å². The zero-order valence-electron chi connectivity index (χ0n) is 13.0.